The van der Waals surface area contributed by atoms with Gasteiger partial charge in [0.05, 0.1) is 23.4 Å². The monoisotopic (exact) mass is 458 g/mol. The van der Waals surface area contributed by atoms with Crippen LogP contribution in [0.1, 0.15) is 11.1 Å². The minimum absolute atomic E-state index is 0.0993. The van der Waals surface area contributed by atoms with Gasteiger partial charge in [-0.2, -0.15) is 0 Å². The molecule has 0 aromatic heterocycles. The van der Waals surface area contributed by atoms with Crippen molar-refractivity contribution in [1.82, 2.24) is 0 Å². The molecule has 0 radical (unpaired) electrons. The van der Waals surface area contributed by atoms with E-state index in [0.717, 1.165) is 15.4 Å². The number of carbonyl (C=O) groups is 1. The third kappa shape index (κ3) is 5.37. The molecule has 0 fully saturated rings. The van der Waals surface area contributed by atoms with Gasteiger partial charge in [-0.1, -0.05) is 35.9 Å². The molecule has 0 unspecified atom stereocenters. The average Bonchev–Trinajstić information content (AvgIpc) is 2.72. The molecule has 0 aliphatic carbocycles. The molecular weight excluding hydrogens is 436 g/mol. The van der Waals surface area contributed by atoms with Crippen LogP contribution in [0.5, 0.6) is 5.75 Å². The minimum atomic E-state index is -3.98. The van der Waals surface area contributed by atoms with E-state index in [9.17, 15) is 13.2 Å². The molecule has 3 rings (SSSR count). The number of methoxy groups -OCH3 is 1. The van der Waals surface area contributed by atoms with Crippen molar-refractivity contribution in [2.75, 3.05) is 23.3 Å². The quantitative estimate of drug-likeness (QED) is 0.551. The minimum Gasteiger partial charge on any atom is -0.495 e. The first kappa shape index (κ1) is 22.7. The summed E-state index contributed by atoms with van der Waals surface area (Å²) in [5.74, 6) is -0.110. The lowest BCUT2D eigenvalue weighted by molar-refractivity contribution is -0.114. The van der Waals surface area contributed by atoms with Crippen molar-refractivity contribution in [2.45, 2.75) is 18.7 Å². The Hall–Kier alpha value is -3.03. The zero-order valence-electron chi connectivity index (χ0n) is 17.4. The lowest BCUT2D eigenvalue weighted by Crippen LogP contribution is -2.38. The maximum Gasteiger partial charge on any atom is 0.264 e. The Kier molecular flexibility index (Phi) is 6.87. The van der Waals surface area contributed by atoms with Gasteiger partial charge in [0.2, 0.25) is 5.91 Å². The fraction of sp³-hybridized carbons (Fsp3) is 0.174. The van der Waals surface area contributed by atoms with Crippen LogP contribution in [0.4, 0.5) is 11.4 Å². The summed E-state index contributed by atoms with van der Waals surface area (Å²) in [6.07, 6.45) is 0. The fourth-order valence-corrected chi connectivity index (χ4v) is 4.83. The van der Waals surface area contributed by atoms with Crippen LogP contribution < -0.4 is 14.4 Å². The van der Waals surface area contributed by atoms with Gasteiger partial charge < -0.3 is 10.1 Å². The molecular formula is C23H23ClN2O4S. The first-order valence-corrected chi connectivity index (χ1v) is 11.3. The highest BCUT2D eigenvalue weighted by molar-refractivity contribution is 7.92. The van der Waals surface area contributed by atoms with E-state index in [0.29, 0.717) is 22.1 Å². The first-order chi connectivity index (χ1) is 14.7. The van der Waals surface area contributed by atoms with Gasteiger partial charge in [-0.25, -0.2) is 8.42 Å². The number of nitrogens with one attached hydrogen (secondary N) is 1. The molecule has 3 aromatic carbocycles. The van der Waals surface area contributed by atoms with E-state index in [1.165, 1.54) is 19.2 Å². The number of amides is 1. The SMILES string of the molecule is COc1ccc(Cl)cc1NC(=O)CN(c1cc(C)cc(C)c1)S(=O)(=O)c1ccccc1. The van der Waals surface area contributed by atoms with Crippen molar-refractivity contribution >= 4 is 38.9 Å². The number of sulfonamides is 1. The zero-order chi connectivity index (χ0) is 22.6. The van der Waals surface area contributed by atoms with E-state index >= 15 is 0 Å². The second-order valence-corrected chi connectivity index (χ2v) is 9.36. The second kappa shape index (κ2) is 9.41. The summed E-state index contributed by atoms with van der Waals surface area (Å²) in [4.78, 5) is 13.0. The van der Waals surface area contributed by atoms with Crippen LogP contribution in [-0.2, 0) is 14.8 Å². The number of hydrogen-bond acceptors (Lipinski definition) is 4. The maximum absolute atomic E-state index is 13.4. The molecule has 0 spiro atoms. The van der Waals surface area contributed by atoms with Crippen LogP contribution in [0.3, 0.4) is 0 Å². The molecule has 0 atom stereocenters. The molecule has 0 aliphatic rings. The highest BCUT2D eigenvalue weighted by Crippen LogP contribution is 2.29. The zero-order valence-corrected chi connectivity index (χ0v) is 19.0. The van der Waals surface area contributed by atoms with Crippen LogP contribution >= 0.6 is 11.6 Å². The van der Waals surface area contributed by atoms with E-state index in [4.69, 9.17) is 16.3 Å². The van der Waals surface area contributed by atoms with Gasteiger partial charge in [0.15, 0.2) is 0 Å². The van der Waals surface area contributed by atoms with Crippen molar-refractivity contribution in [2.24, 2.45) is 0 Å². The van der Waals surface area contributed by atoms with Crippen molar-refractivity contribution in [1.29, 1.82) is 0 Å². The Morgan fingerprint density at radius 1 is 1.00 bits per heavy atom. The summed E-state index contributed by atoms with van der Waals surface area (Å²) in [6.45, 7) is 3.33. The van der Waals surface area contributed by atoms with Crippen LogP contribution in [0.25, 0.3) is 0 Å². The summed E-state index contributed by atoms with van der Waals surface area (Å²) in [5, 5.41) is 3.12. The molecule has 1 N–H and O–H groups in total. The summed E-state index contributed by atoms with van der Waals surface area (Å²) in [6, 6.07) is 18.2. The predicted octanol–water partition coefficient (Wildman–Crippen LogP) is 4.80. The number of carbonyl (C=O) groups excluding carboxylic acids is 1. The standard InChI is InChI=1S/C23H23ClN2O4S/c1-16-11-17(2)13-19(12-16)26(31(28,29)20-7-5-4-6-8-20)15-23(27)25-21-14-18(24)9-10-22(21)30-3/h4-14H,15H2,1-3H3,(H,25,27). The topological polar surface area (TPSA) is 75.7 Å². The Bertz CT molecular complexity index is 1180. The van der Waals surface area contributed by atoms with Crippen molar-refractivity contribution in [3.63, 3.8) is 0 Å². The summed E-state index contributed by atoms with van der Waals surface area (Å²) in [7, 11) is -2.51. The number of halogens is 1. The first-order valence-electron chi connectivity index (χ1n) is 9.50. The molecule has 0 saturated heterocycles. The van der Waals surface area contributed by atoms with Gasteiger partial charge in [-0.15, -0.1) is 0 Å². The van der Waals surface area contributed by atoms with Gasteiger partial charge in [-0.3, -0.25) is 9.10 Å². The predicted molar refractivity (Wildman–Crippen MR) is 124 cm³/mol. The molecule has 0 heterocycles. The normalized spacial score (nSPS) is 11.1. The highest BCUT2D eigenvalue weighted by Gasteiger charge is 2.27. The van der Waals surface area contributed by atoms with Gasteiger partial charge in [-0.05, 0) is 67.4 Å². The number of nitrogens with zero attached hydrogens (tertiary/aromatic N) is 1. The number of anilines is 2. The van der Waals surface area contributed by atoms with Crippen LogP contribution in [0, 0.1) is 13.8 Å². The largest absolute Gasteiger partial charge is 0.495 e. The number of hydrogen-bond donors (Lipinski definition) is 1. The average molecular weight is 459 g/mol. The van der Waals surface area contributed by atoms with E-state index < -0.39 is 22.5 Å². The smallest absolute Gasteiger partial charge is 0.264 e. The van der Waals surface area contributed by atoms with Crippen molar-refractivity contribution < 1.29 is 17.9 Å². The van der Waals surface area contributed by atoms with Gasteiger partial charge in [0.25, 0.3) is 10.0 Å². The Morgan fingerprint density at radius 2 is 1.65 bits per heavy atom. The molecule has 6 nitrogen and oxygen atoms in total. The number of rotatable bonds is 7. The molecule has 0 aliphatic heterocycles. The van der Waals surface area contributed by atoms with Crippen molar-refractivity contribution in [3.05, 3.63) is 82.9 Å². The fourth-order valence-electron chi connectivity index (χ4n) is 3.23. The van der Waals surface area contributed by atoms with E-state index in [2.05, 4.69) is 5.32 Å². The van der Waals surface area contributed by atoms with Crippen LogP contribution in [0.15, 0.2) is 71.6 Å². The Balaban J connectivity index is 1.99. The second-order valence-electron chi connectivity index (χ2n) is 7.06. The summed E-state index contributed by atoms with van der Waals surface area (Å²) >= 11 is 6.03. The van der Waals surface area contributed by atoms with Gasteiger partial charge in [0.1, 0.15) is 12.3 Å². The maximum atomic E-state index is 13.4. The number of ether oxygens (including phenoxy) is 1. The molecule has 8 heteroatoms. The third-order valence-corrected chi connectivity index (χ3v) is 6.57. The Labute approximate surface area is 187 Å². The Morgan fingerprint density at radius 3 is 2.26 bits per heavy atom. The third-order valence-electron chi connectivity index (χ3n) is 4.55. The lowest BCUT2D eigenvalue weighted by atomic mass is 10.1. The molecule has 162 valence electrons. The van der Waals surface area contributed by atoms with Crippen LogP contribution in [-0.4, -0.2) is 28.0 Å². The molecule has 1 amide bonds. The van der Waals surface area contributed by atoms with Gasteiger partial charge in [0, 0.05) is 5.02 Å². The van der Waals surface area contributed by atoms with E-state index in [-0.39, 0.29) is 4.90 Å². The number of aryl methyl sites for hydroxylation is 2. The molecule has 31 heavy (non-hydrogen) atoms. The van der Waals surface area contributed by atoms with Crippen molar-refractivity contribution in [3.8, 4) is 5.75 Å². The highest BCUT2D eigenvalue weighted by atomic mass is 35.5. The summed E-state index contributed by atoms with van der Waals surface area (Å²) in [5.41, 5.74) is 2.55. The molecule has 3 aromatic rings. The van der Waals surface area contributed by atoms with Crippen LogP contribution in [0.2, 0.25) is 5.02 Å². The molecule has 0 saturated carbocycles. The number of benzene rings is 3. The lowest BCUT2D eigenvalue weighted by Gasteiger charge is -2.25. The molecule has 0 bridgehead atoms. The summed E-state index contributed by atoms with van der Waals surface area (Å²) < 4.78 is 33.2. The van der Waals surface area contributed by atoms with E-state index in [1.54, 1.807) is 48.5 Å². The van der Waals surface area contributed by atoms with Gasteiger partial charge >= 0.3 is 0 Å². The van der Waals surface area contributed by atoms with E-state index in [1.807, 2.05) is 19.9 Å².